The summed E-state index contributed by atoms with van der Waals surface area (Å²) in [7, 11) is 1.89. The molecule has 0 unspecified atom stereocenters. The fourth-order valence-corrected chi connectivity index (χ4v) is 4.87. The molecule has 5 heteroatoms. The molecule has 1 amide bonds. The third-order valence-electron chi connectivity index (χ3n) is 5.24. The van der Waals surface area contributed by atoms with E-state index in [0.717, 1.165) is 35.5 Å². The second-order valence-corrected chi connectivity index (χ2v) is 8.30. The Morgan fingerprint density at radius 1 is 1.15 bits per heavy atom. The largest absolute Gasteiger partial charge is 0.340 e. The van der Waals surface area contributed by atoms with Crippen LogP contribution in [0.2, 0.25) is 0 Å². The fourth-order valence-electron chi connectivity index (χ4n) is 3.73. The minimum Gasteiger partial charge on any atom is -0.340 e. The zero-order valence-electron chi connectivity index (χ0n) is 15.7. The Hall–Kier alpha value is -2.24. The van der Waals surface area contributed by atoms with Crippen LogP contribution >= 0.6 is 11.3 Å². The summed E-state index contributed by atoms with van der Waals surface area (Å²) in [5.74, 6) is 0.173. The highest BCUT2D eigenvalue weighted by Gasteiger charge is 2.29. The third-order valence-corrected chi connectivity index (χ3v) is 6.37. The van der Waals surface area contributed by atoms with E-state index in [1.54, 1.807) is 11.3 Å². The molecule has 1 saturated heterocycles. The standard InChI is InChI=1S/C22H25N3OS/c1-24(15-17-9-3-2-4-10-17)21(26)16-25-14-8-7-12-19(25)22-23-18-11-5-6-13-20(18)27-22/h2-6,9-11,13,19H,7-8,12,14-16H2,1H3/t19-/m0/s1. The normalized spacial score (nSPS) is 17.9. The maximum Gasteiger partial charge on any atom is 0.236 e. The highest BCUT2D eigenvalue weighted by atomic mass is 32.1. The Morgan fingerprint density at radius 2 is 1.93 bits per heavy atom. The van der Waals surface area contributed by atoms with Crippen LogP contribution in [0, 0.1) is 0 Å². The molecular weight excluding hydrogens is 354 g/mol. The van der Waals surface area contributed by atoms with Crippen molar-refractivity contribution < 1.29 is 4.79 Å². The topological polar surface area (TPSA) is 36.4 Å². The van der Waals surface area contributed by atoms with Gasteiger partial charge in [-0.15, -0.1) is 11.3 Å². The minimum atomic E-state index is 0.173. The van der Waals surface area contributed by atoms with E-state index < -0.39 is 0 Å². The molecular formula is C22H25N3OS. The van der Waals surface area contributed by atoms with Crippen LogP contribution in [-0.2, 0) is 11.3 Å². The molecule has 0 bridgehead atoms. The Balaban J connectivity index is 1.46. The van der Waals surface area contributed by atoms with Gasteiger partial charge in [0.15, 0.2) is 0 Å². The number of likely N-dealkylation sites (N-methyl/N-ethyl adjacent to an activating group) is 1. The first-order valence-corrected chi connectivity index (χ1v) is 10.4. The first kappa shape index (κ1) is 18.1. The zero-order valence-corrected chi connectivity index (χ0v) is 16.5. The predicted octanol–water partition coefficient (Wildman–Crippen LogP) is 4.48. The number of fused-ring (bicyclic) bond motifs is 1. The fraction of sp³-hybridized carbons (Fsp3) is 0.364. The maximum atomic E-state index is 12.8. The molecule has 4 rings (SSSR count). The first-order valence-electron chi connectivity index (χ1n) is 9.58. The van der Waals surface area contributed by atoms with Gasteiger partial charge in [0.05, 0.1) is 22.8 Å². The Morgan fingerprint density at radius 3 is 2.74 bits per heavy atom. The highest BCUT2D eigenvalue weighted by Crippen LogP contribution is 2.35. The van der Waals surface area contributed by atoms with Crippen molar-refractivity contribution in [1.29, 1.82) is 0 Å². The number of hydrogen-bond acceptors (Lipinski definition) is 4. The molecule has 0 N–H and O–H groups in total. The quantitative estimate of drug-likeness (QED) is 0.656. The number of hydrogen-bond donors (Lipinski definition) is 0. The predicted molar refractivity (Wildman–Crippen MR) is 111 cm³/mol. The number of rotatable bonds is 5. The third kappa shape index (κ3) is 4.20. The molecule has 1 fully saturated rings. The summed E-state index contributed by atoms with van der Waals surface area (Å²) in [5, 5.41) is 1.15. The van der Waals surface area contributed by atoms with Crippen molar-refractivity contribution in [2.24, 2.45) is 0 Å². The van der Waals surface area contributed by atoms with Gasteiger partial charge in [0, 0.05) is 13.6 Å². The van der Waals surface area contributed by atoms with Gasteiger partial charge in [-0.25, -0.2) is 4.98 Å². The summed E-state index contributed by atoms with van der Waals surface area (Å²) in [6.07, 6.45) is 3.43. The van der Waals surface area contributed by atoms with Gasteiger partial charge in [0.2, 0.25) is 5.91 Å². The number of piperidine rings is 1. The van der Waals surface area contributed by atoms with Gasteiger partial charge in [-0.3, -0.25) is 9.69 Å². The van der Waals surface area contributed by atoms with Gasteiger partial charge >= 0.3 is 0 Å². The van der Waals surface area contributed by atoms with Crippen molar-refractivity contribution in [2.75, 3.05) is 20.1 Å². The van der Waals surface area contributed by atoms with Gasteiger partial charge in [0.1, 0.15) is 5.01 Å². The molecule has 27 heavy (non-hydrogen) atoms. The minimum absolute atomic E-state index is 0.173. The molecule has 1 atom stereocenters. The lowest BCUT2D eigenvalue weighted by Gasteiger charge is -2.34. The highest BCUT2D eigenvalue weighted by molar-refractivity contribution is 7.18. The molecule has 2 heterocycles. The molecule has 1 aromatic heterocycles. The van der Waals surface area contributed by atoms with Gasteiger partial charge in [0.25, 0.3) is 0 Å². The molecule has 0 radical (unpaired) electrons. The summed E-state index contributed by atoms with van der Waals surface area (Å²) in [5.41, 5.74) is 2.23. The SMILES string of the molecule is CN(Cc1ccccc1)C(=O)CN1CCCC[C@H]1c1nc2ccccc2s1. The molecule has 1 aliphatic heterocycles. The van der Waals surface area contributed by atoms with Gasteiger partial charge in [-0.1, -0.05) is 48.9 Å². The number of aromatic nitrogens is 1. The number of carbonyl (C=O) groups is 1. The molecule has 140 valence electrons. The zero-order chi connectivity index (χ0) is 18.6. The van der Waals surface area contributed by atoms with Crippen LogP contribution in [0.15, 0.2) is 54.6 Å². The summed E-state index contributed by atoms with van der Waals surface area (Å²) in [6.45, 7) is 2.08. The van der Waals surface area contributed by atoms with E-state index in [0.29, 0.717) is 13.1 Å². The molecule has 1 aliphatic rings. The lowest BCUT2D eigenvalue weighted by Crippen LogP contribution is -2.42. The first-order chi connectivity index (χ1) is 13.2. The van der Waals surface area contributed by atoms with Crippen molar-refractivity contribution in [3.05, 3.63) is 65.2 Å². The molecule has 0 aliphatic carbocycles. The van der Waals surface area contributed by atoms with Gasteiger partial charge in [-0.2, -0.15) is 0 Å². The second-order valence-electron chi connectivity index (χ2n) is 7.24. The van der Waals surface area contributed by atoms with Crippen LogP contribution in [-0.4, -0.2) is 40.8 Å². The molecule has 0 spiro atoms. The molecule has 4 nitrogen and oxygen atoms in total. The van der Waals surface area contributed by atoms with E-state index in [9.17, 15) is 4.79 Å². The molecule has 2 aromatic carbocycles. The van der Waals surface area contributed by atoms with E-state index in [1.807, 2.05) is 36.2 Å². The van der Waals surface area contributed by atoms with Crippen LogP contribution in [0.4, 0.5) is 0 Å². The van der Waals surface area contributed by atoms with Crippen molar-refractivity contribution in [1.82, 2.24) is 14.8 Å². The van der Waals surface area contributed by atoms with Gasteiger partial charge in [-0.05, 0) is 37.1 Å². The number of likely N-dealkylation sites (tertiary alicyclic amines) is 1. The number of nitrogens with zero attached hydrogens (tertiary/aromatic N) is 3. The van der Waals surface area contributed by atoms with Crippen molar-refractivity contribution in [2.45, 2.75) is 31.8 Å². The van der Waals surface area contributed by atoms with Crippen LogP contribution in [0.3, 0.4) is 0 Å². The summed E-state index contributed by atoms with van der Waals surface area (Å²) < 4.78 is 1.23. The monoisotopic (exact) mass is 379 g/mol. The smallest absolute Gasteiger partial charge is 0.236 e. The molecule has 0 saturated carbocycles. The number of carbonyl (C=O) groups excluding carboxylic acids is 1. The van der Waals surface area contributed by atoms with Crippen molar-refractivity contribution >= 4 is 27.5 Å². The molecule has 3 aromatic rings. The number of benzene rings is 2. The number of para-hydroxylation sites is 1. The maximum absolute atomic E-state index is 12.8. The second kappa shape index (κ2) is 8.19. The lowest BCUT2D eigenvalue weighted by molar-refractivity contribution is -0.132. The van der Waals surface area contributed by atoms with Crippen molar-refractivity contribution in [3.8, 4) is 0 Å². The van der Waals surface area contributed by atoms with E-state index in [2.05, 4.69) is 35.2 Å². The van der Waals surface area contributed by atoms with Crippen LogP contribution in [0.1, 0.15) is 35.9 Å². The number of thiazole rings is 1. The van der Waals surface area contributed by atoms with E-state index in [-0.39, 0.29) is 11.9 Å². The summed E-state index contributed by atoms with van der Waals surface area (Å²) in [4.78, 5) is 21.8. The van der Waals surface area contributed by atoms with Crippen LogP contribution in [0.5, 0.6) is 0 Å². The lowest BCUT2D eigenvalue weighted by atomic mass is 10.0. The summed E-state index contributed by atoms with van der Waals surface area (Å²) in [6, 6.07) is 18.7. The van der Waals surface area contributed by atoms with E-state index in [1.165, 1.54) is 11.1 Å². The van der Waals surface area contributed by atoms with E-state index in [4.69, 9.17) is 4.98 Å². The average Bonchev–Trinajstić information content (AvgIpc) is 3.13. The van der Waals surface area contributed by atoms with E-state index >= 15 is 0 Å². The Kier molecular flexibility index (Phi) is 5.50. The van der Waals surface area contributed by atoms with Crippen LogP contribution < -0.4 is 0 Å². The van der Waals surface area contributed by atoms with Crippen molar-refractivity contribution in [3.63, 3.8) is 0 Å². The number of amides is 1. The Labute approximate surface area is 164 Å². The van der Waals surface area contributed by atoms with Crippen LogP contribution in [0.25, 0.3) is 10.2 Å². The van der Waals surface area contributed by atoms with Gasteiger partial charge < -0.3 is 4.90 Å². The average molecular weight is 380 g/mol. The summed E-state index contributed by atoms with van der Waals surface area (Å²) >= 11 is 1.77. The Bertz CT molecular complexity index is 875.